The summed E-state index contributed by atoms with van der Waals surface area (Å²) < 4.78 is 83.1. The molecule has 0 unspecified atom stereocenters. The van der Waals surface area contributed by atoms with E-state index in [1.807, 2.05) is 4.90 Å². The van der Waals surface area contributed by atoms with Gasteiger partial charge < -0.3 is 15.4 Å². The van der Waals surface area contributed by atoms with Gasteiger partial charge in [-0.05, 0) is 42.5 Å². The van der Waals surface area contributed by atoms with Crippen LogP contribution in [0.2, 0.25) is 0 Å². The number of nitrogens with one attached hydrogen (secondary N) is 2. The minimum Gasteiger partial charge on any atom is -0.379 e. The highest BCUT2D eigenvalue weighted by Crippen LogP contribution is 2.36. The second-order valence-corrected chi connectivity index (χ2v) is 7.26. The van der Waals surface area contributed by atoms with E-state index in [4.69, 9.17) is 4.74 Å². The number of hydrogen-bond donors (Lipinski definition) is 2. The lowest BCUT2D eigenvalue weighted by atomic mass is 10.0. The molecule has 0 saturated carbocycles. The van der Waals surface area contributed by atoms with Gasteiger partial charge in [0.05, 0.1) is 30.9 Å². The number of halogens is 6. The molecule has 1 aliphatic heterocycles. The van der Waals surface area contributed by atoms with E-state index >= 15 is 0 Å². The molecule has 0 radical (unpaired) electrons. The van der Waals surface area contributed by atoms with Crippen LogP contribution in [0, 0.1) is 0 Å². The van der Waals surface area contributed by atoms with Crippen molar-refractivity contribution in [1.29, 1.82) is 0 Å². The topological polar surface area (TPSA) is 70.7 Å². The average molecular weight is 475 g/mol. The van der Waals surface area contributed by atoms with Crippen LogP contribution in [-0.4, -0.2) is 49.6 Å². The lowest BCUT2D eigenvalue weighted by Gasteiger charge is -2.25. The lowest BCUT2D eigenvalue weighted by molar-refractivity contribution is -0.143. The molecule has 2 aromatic rings. The smallest absolute Gasteiger partial charge is 0.379 e. The highest BCUT2D eigenvalue weighted by atomic mass is 19.4. The van der Waals surface area contributed by atoms with Crippen molar-refractivity contribution in [3.05, 3.63) is 59.2 Å². The predicted octanol–water partition coefficient (Wildman–Crippen LogP) is 4.25. The summed E-state index contributed by atoms with van der Waals surface area (Å²) in [6.45, 7) is 2.50. The molecule has 33 heavy (non-hydrogen) atoms. The van der Waals surface area contributed by atoms with Crippen molar-refractivity contribution in [1.82, 2.24) is 4.90 Å². The first-order chi connectivity index (χ1) is 15.4. The van der Waals surface area contributed by atoms with E-state index in [-0.39, 0.29) is 24.2 Å². The van der Waals surface area contributed by atoms with Gasteiger partial charge >= 0.3 is 12.4 Å². The van der Waals surface area contributed by atoms with Crippen molar-refractivity contribution < 1.29 is 40.7 Å². The standard InChI is InChI=1S/C21H19F6N3O3/c22-20(23,24)14-9-13(10-15(11-14)21(25,26)27)19(32)29-17-3-1-16(2-4-17)28-18(31)12-30-5-7-33-8-6-30/h1-4,9-11H,5-8,12H2,(H,28,31)(H,29,32). The molecule has 2 N–H and O–H groups in total. The van der Waals surface area contributed by atoms with Crippen LogP contribution in [0.3, 0.4) is 0 Å². The van der Waals surface area contributed by atoms with Crippen LogP contribution in [0.25, 0.3) is 0 Å². The molecule has 0 aromatic heterocycles. The SMILES string of the molecule is O=C(CN1CCOCC1)Nc1ccc(NC(=O)c2cc(C(F)(F)F)cc(C(F)(F)F)c2)cc1. The van der Waals surface area contributed by atoms with Gasteiger partial charge in [-0.2, -0.15) is 26.3 Å². The number of carbonyl (C=O) groups is 2. The Hall–Kier alpha value is -3.12. The average Bonchev–Trinajstić information content (AvgIpc) is 2.74. The third kappa shape index (κ3) is 6.93. The first-order valence-electron chi connectivity index (χ1n) is 9.73. The fraction of sp³-hybridized carbons (Fsp3) is 0.333. The summed E-state index contributed by atoms with van der Waals surface area (Å²) in [5, 5.41) is 4.92. The second kappa shape index (κ2) is 9.79. The molecular formula is C21H19F6N3O3. The number of benzene rings is 2. The molecule has 0 bridgehead atoms. The van der Waals surface area contributed by atoms with Crippen LogP contribution in [0.5, 0.6) is 0 Å². The molecule has 1 fully saturated rings. The number of amides is 2. The molecule has 0 atom stereocenters. The third-order valence-corrected chi connectivity index (χ3v) is 4.75. The zero-order chi connectivity index (χ0) is 24.2. The molecule has 2 aromatic carbocycles. The summed E-state index contributed by atoms with van der Waals surface area (Å²) >= 11 is 0. The Morgan fingerprint density at radius 2 is 1.30 bits per heavy atom. The van der Waals surface area contributed by atoms with E-state index in [9.17, 15) is 35.9 Å². The van der Waals surface area contributed by atoms with Gasteiger partial charge in [0.2, 0.25) is 5.91 Å². The zero-order valence-electron chi connectivity index (χ0n) is 17.0. The van der Waals surface area contributed by atoms with Gasteiger partial charge in [0.1, 0.15) is 0 Å². The summed E-state index contributed by atoms with van der Waals surface area (Å²) in [4.78, 5) is 26.3. The lowest BCUT2D eigenvalue weighted by Crippen LogP contribution is -2.41. The predicted molar refractivity (Wildman–Crippen MR) is 107 cm³/mol. The van der Waals surface area contributed by atoms with E-state index < -0.39 is 35.0 Å². The molecule has 0 spiro atoms. The Kier molecular flexibility index (Phi) is 7.28. The molecule has 6 nitrogen and oxygen atoms in total. The Morgan fingerprint density at radius 1 is 0.818 bits per heavy atom. The monoisotopic (exact) mass is 475 g/mol. The number of carbonyl (C=O) groups excluding carboxylic acids is 2. The Balaban J connectivity index is 1.67. The van der Waals surface area contributed by atoms with E-state index in [1.54, 1.807) is 0 Å². The van der Waals surface area contributed by atoms with Crippen molar-refractivity contribution in [3.63, 3.8) is 0 Å². The van der Waals surface area contributed by atoms with Crippen molar-refractivity contribution in [2.24, 2.45) is 0 Å². The maximum absolute atomic E-state index is 13.0. The number of ether oxygens (including phenoxy) is 1. The van der Waals surface area contributed by atoms with Crippen LogP contribution < -0.4 is 10.6 Å². The van der Waals surface area contributed by atoms with Crippen molar-refractivity contribution >= 4 is 23.2 Å². The molecule has 1 heterocycles. The maximum atomic E-state index is 13.0. The van der Waals surface area contributed by atoms with Gasteiger partial charge in [-0.1, -0.05) is 0 Å². The van der Waals surface area contributed by atoms with Crippen molar-refractivity contribution in [3.8, 4) is 0 Å². The third-order valence-electron chi connectivity index (χ3n) is 4.75. The molecule has 12 heteroatoms. The van der Waals surface area contributed by atoms with Crippen LogP contribution >= 0.6 is 0 Å². The van der Waals surface area contributed by atoms with Gasteiger partial charge in [0.25, 0.3) is 5.91 Å². The van der Waals surface area contributed by atoms with Gasteiger partial charge in [0.15, 0.2) is 0 Å². The molecule has 0 aliphatic carbocycles. The number of nitrogens with zero attached hydrogens (tertiary/aromatic N) is 1. The molecule has 2 amide bonds. The van der Waals surface area contributed by atoms with E-state index in [1.165, 1.54) is 24.3 Å². The van der Waals surface area contributed by atoms with Crippen LogP contribution in [0.1, 0.15) is 21.5 Å². The minimum absolute atomic E-state index is 0.0504. The van der Waals surface area contributed by atoms with E-state index in [2.05, 4.69) is 10.6 Å². The number of alkyl halides is 6. The van der Waals surface area contributed by atoms with Crippen LogP contribution in [0.15, 0.2) is 42.5 Å². The molecule has 178 valence electrons. The zero-order valence-corrected chi connectivity index (χ0v) is 17.0. The van der Waals surface area contributed by atoms with Crippen LogP contribution in [0.4, 0.5) is 37.7 Å². The fourth-order valence-corrected chi connectivity index (χ4v) is 3.09. The van der Waals surface area contributed by atoms with E-state index in [0.29, 0.717) is 44.1 Å². The summed E-state index contributed by atoms with van der Waals surface area (Å²) in [6, 6.07) is 6.27. The molecular weight excluding hydrogens is 456 g/mol. The van der Waals surface area contributed by atoms with Crippen molar-refractivity contribution in [2.45, 2.75) is 12.4 Å². The number of anilines is 2. The van der Waals surface area contributed by atoms with E-state index in [0.717, 1.165) is 0 Å². The number of rotatable bonds is 5. The Labute approximate surface area is 184 Å². The minimum atomic E-state index is -5.06. The molecule has 1 aliphatic rings. The Bertz CT molecular complexity index is 968. The van der Waals surface area contributed by atoms with Gasteiger partial charge in [0, 0.05) is 30.0 Å². The van der Waals surface area contributed by atoms with Gasteiger partial charge in [-0.3, -0.25) is 14.5 Å². The largest absolute Gasteiger partial charge is 0.416 e. The summed E-state index contributed by atoms with van der Waals surface area (Å²) in [5.74, 6) is -1.41. The second-order valence-electron chi connectivity index (χ2n) is 7.26. The normalized spacial score (nSPS) is 15.2. The van der Waals surface area contributed by atoms with Crippen LogP contribution in [-0.2, 0) is 21.9 Å². The molecule has 3 rings (SSSR count). The summed E-state index contributed by atoms with van der Waals surface area (Å²) in [7, 11) is 0. The summed E-state index contributed by atoms with van der Waals surface area (Å²) in [6.07, 6.45) is -10.1. The van der Waals surface area contributed by atoms with Gasteiger partial charge in [-0.25, -0.2) is 0 Å². The first kappa shape index (κ1) is 24.5. The number of morpholine rings is 1. The maximum Gasteiger partial charge on any atom is 0.416 e. The quantitative estimate of drug-likeness (QED) is 0.635. The van der Waals surface area contributed by atoms with Crippen molar-refractivity contribution in [2.75, 3.05) is 43.5 Å². The molecule has 1 saturated heterocycles. The summed E-state index contributed by atoms with van der Waals surface area (Å²) in [5.41, 5.74) is -3.43. The Morgan fingerprint density at radius 3 is 1.79 bits per heavy atom. The number of hydrogen-bond acceptors (Lipinski definition) is 4. The highest BCUT2D eigenvalue weighted by molar-refractivity contribution is 6.04. The fourth-order valence-electron chi connectivity index (χ4n) is 3.09. The highest BCUT2D eigenvalue weighted by Gasteiger charge is 2.37. The first-order valence-corrected chi connectivity index (χ1v) is 9.73. The van der Waals surface area contributed by atoms with Gasteiger partial charge in [-0.15, -0.1) is 0 Å².